The average molecular weight is 335 g/mol. The molecule has 0 aliphatic carbocycles. The van der Waals surface area contributed by atoms with Crippen LogP contribution in [0.2, 0.25) is 15.9 Å². The second-order valence-corrected chi connectivity index (χ2v) is 24.5. The Morgan fingerprint density at radius 3 is 1.60 bits per heavy atom. The summed E-state index contributed by atoms with van der Waals surface area (Å²) >= 11 is -1.67. The topological polar surface area (TPSA) is 0 Å². The molecule has 0 fully saturated rings. The molecule has 0 atom stereocenters. The second kappa shape index (κ2) is 5.33. The van der Waals surface area contributed by atoms with Gasteiger partial charge in [-0.05, 0) is 0 Å². The Labute approximate surface area is 70.4 Å². The molecule has 0 heterocycles. The number of hydrogen-bond donors (Lipinski definition) is 0. The molecule has 0 aliphatic rings. The van der Waals surface area contributed by atoms with Crippen LogP contribution in [-0.2, 0) is 0 Å². The van der Waals surface area contributed by atoms with Gasteiger partial charge in [0.25, 0.3) is 0 Å². The van der Waals surface area contributed by atoms with Gasteiger partial charge in [-0.2, -0.15) is 0 Å². The van der Waals surface area contributed by atoms with Crippen molar-refractivity contribution in [2.45, 2.75) is 36.7 Å². The number of rotatable bonds is 5. The summed E-state index contributed by atoms with van der Waals surface area (Å²) < 4.78 is 5.92. The van der Waals surface area contributed by atoms with Gasteiger partial charge in [-0.15, -0.1) is 0 Å². The van der Waals surface area contributed by atoms with E-state index in [1.54, 1.807) is 0 Å². The van der Waals surface area contributed by atoms with E-state index in [1.807, 2.05) is 0 Å². The van der Waals surface area contributed by atoms with E-state index in [0.29, 0.717) is 0 Å². The Bertz CT molecular complexity index is 84.6. The fourth-order valence-electron chi connectivity index (χ4n) is 1.49. The molecule has 0 aromatic rings. The van der Waals surface area contributed by atoms with Crippen molar-refractivity contribution in [2.24, 2.45) is 0 Å². The van der Waals surface area contributed by atoms with E-state index >= 15 is 0 Å². The van der Waals surface area contributed by atoms with Gasteiger partial charge in [-0.25, -0.2) is 0 Å². The van der Waals surface area contributed by atoms with E-state index < -0.39 is 21.2 Å². The van der Waals surface area contributed by atoms with Crippen LogP contribution in [0.15, 0.2) is 12.7 Å². The van der Waals surface area contributed by atoms with Crippen molar-refractivity contribution < 1.29 is 0 Å². The molecule has 0 amide bonds. The molecule has 0 unspecified atom stereocenters. The first-order valence-corrected chi connectivity index (χ1v) is 15.3. The van der Waals surface area contributed by atoms with Gasteiger partial charge in [0.1, 0.15) is 0 Å². The summed E-state index contributed by atoms with van der Waals surface area (Å²) in [6.45, 7) is 11.0. The Morgan fingerprint density at radius 2 is 1.50 bits per heavy atom. The fraction of sp³-hybridized carbons (Fsp3) is 0.778. The van der Waals surface area contributed by atoms with Crippen LogP contribution in [-0.4, -0.2) is 21.2 Å². The minimum absolute atomic E-state index is 1.40. The van der Waals surface area contributed by atoms with Crippen LogP contribution in [0.4, 0.5) is 0 Å². The van der Waals surface area contributed by atoms with Gasteiger partial charge in [-0.3, -0.25) is 0 Å². The monoisotopic (exact) mass is 336 g/mol. The second-order valence-electron chi connectivity index (χ2n) is 3.05. The maximum atomic E-state index is 3.84. The molecule has 0 rings (SSSR count). The van der Waals surface area contributed by atoms with Crippen LogP contribution < -0.4 is 0 Å². The summed E-state index contributed by atoms with van der Waals surface area (Å²) in [5.41, 5.74) is 0. The van der Waals surface area contributed by atoms with Crippen LogP contribution in [0, 0.1) is 0 Å². The van der Waals surface area contributed by atoms with Crippen molar-refractivity contribution in [1.29, 1.82) is 0 Å². The third kappa shape index (κ3) is 2.72. The first-order valence-electron chi connectivity index (χ1n) is 4.35. The Hall–Kier alpha value is 0.662. The van der Waals surface area contributed by atoms with Crippen LogP contribution in [0.3, 0.4) is 0 Å². The van der Waals surface area contributed by atoms with Gasteiger partial charge >= 0.3 is 70.5 Å². The first kappa shape index (κ1) is 10.7. The van der Waals surface area contributed by atoms with E-state index in [0.717, 1.165) is 0 Å². The molecule has 60 valence electrons. The van der Waals surface area contributed by atoms with Gasteiger partial charge < -0.3 is 0 Å². The third-order valence-corrected chi connectivity index (χ3v) is 24.8. The molecule has 0 spiro atoms. The Kier molecular flexibility index (Phi) is 5.68. The maximum absolute atomic E-state index is 3.84. The standard InChI is InChI=1S/C3H5.3C2H5.Pb/c1-3-2;3*1-2;/h3H,1-2H2;3*1H2,2H3;. The molecule has 0 bridgehead atoms. The summed E-state index contributed by atoms with van der Waals surface area (Å²) in [7, 11) is 0. The van der Waals surface area contributed by atoms with Gasteiger partial charge in [0.2, 0.25) is 0 Å². The molecule has 0 aliphatic heterocycles. The molecule has 1 heteroatoms. The Balaban J connectivity index is 4.00. The van der Waals surface area contributed by atoms with E-state index in [1.165, 1.54) is 15.9 Å². The van der Waals surface area contributed by atoms with E-state index in [9.17, 15) is 0 Å². The number of hydrogen-bond acceptors (Lipinski definition) is 0. The average Bonchev–Trinajstić information content (AvgIpc) is 2.01. The molecule has 0 radical (unpaired) electrons. The summed E-state index contributed by atoms with van der Waals surface area (Å²) in [5, 5.41) is 0. The molecular weight excluding hydrogens is 315 g/mol. The van der Waals surface area contributed by atoms with E-state index in [4.69, 9.17) is 0 Å². The molecule has 0 saturated carbocycles. The molecular formula is C9H20Pb. The van der Waals surface area contributed by atoms with Gasteiger partial charge in [0.15, 0.2) is 0 Å². The van der Waals surface area contributed by atoms with Gasteiger partial charge in [0.05, 0.1) is 0 Å². The summed E-state index contributed by atoms with van der Waals surface area (Å²) in [6, 6.07) is 0. The molecule has 0 aromatic heterocycles. The minimum atomic E-state index is -1.67. The SMILES string of the molecule is C=C[CH2][Pb]([CH2]C)([CH2]C)[CH2]C. The Morgan fingerprint density at radius 1 is 1.10 bits per heavy atom. The van der Waals surface area contributed by atoms with E-state index in [2.05, 4.69) is 33.4 Å². The van der Waals surface area contributed by atoms with Crippen LogP contribution in [0.5, 0.6) is 0 Å². The summed E-state index contributed by atoms with van der Waals surface area (Å²) in [6.07, 6.45) is 2.15. The predicted octanol–water partition coefficient (Wildman–Crippen LogP) is 3.68. The molecule has 0 saturated heterocycles. The van der Waals surface area contributed by atoms with Crippen LogP contribution in [0.25, 0.3) is 0 Å². The summed E-state index contributed by atoms with van der Waals surface area (Å²) in [4.78, 5) is 0. The predicted molar refractivity (Wildman–Crippen MR) is 52.2 cm³/mol. The van der Waals surface area contributed by atoms with Crippen molar-refractivity contribution in [3.05, 3.63) is 12.7 Å². The zero-order chi connectivity index (χ0) is 8.04. The first-order chi connectivity index (χ1) is 4.74. The number of allylic oxidation sites excluding steroid dienone is 1. The molecule has 0 aromatic carbocycles. The van der Waals surface area contributed by atoms with Crippen molar-refractivity contribution >= 4 is 21.2 Å². The van der Waals surface area contributed by atoms with E-state index in [-0.39, 0.29) is 0 Å². The normalized spacial score (nSPS) is 11.5. The molecule has 0 N–H and O–H groups in total. The van der Waals surface area contributed by atoms with Crippen LogP contribution in [0.1, 0.15) is 20.8 Å². The van der Waals surface area contributed by atoms with Gasteiger partial charge in [-0.1, -0.05) is 0 Å². The summed E-state index contributed by atoms with van der Waals surface area (Å²) in [5.74, 6) is 0. The molecule has 10 heavy (non-hydrogen) atoms. The molecule has 0 nitrogen and oxygen atoms in total. The van der Waals surface area contributed by atoms with Gasteiger partial charge in [0, 0.05) is 0 Å². The van der Waals surface area contributed by atoms with Crippen molar-refractivity contribution in [1.82, 2.24) is 0 Å². The third-order valence-electron chi connectivity index (χ3n) is 2.83. The van der Waals surface area contributed by atoms with Crippen LogP contribution >= 0.6 is 0 Å². The zero-order valence-corrected chi connectivity index (χ0v) is 11.5. The van der Waals surface area contributed by atoms with Crippen molar-refractivity contribution in [2.75, 3.05) is 0 Å². The van der Waals surface area contributed by atoms with Crippen molar-refractivity contribution in [3.8, 4) is 0 Å². The zero-order valence-electron chi connectivity index (χ0n) is 7.61. The quantitative estimate of drug-likeness (QED) is 0.531. The van der Waals surface area contributed by atoms with Crippen molar-refractivity contribution in [3.63, 3.8) is 0 Å². The fourth-order valence-corrected chi connectivity index (χ4v) is 13.1.